The SMILES string of the molecule is Cc1ccc(C(=O)/C=C/c2ccc3ccccc3n2)cc1. The first-order valence-electron chi connectivity index (χ1n) is 6.87. The summed E-state index contributed by atoms with van der Waals surface area (Å²) < 4.78 is 0. The second kappa shape index (κ2) is 5.71. The lowest BCUT2D eigenvalue weighted by atomic mass is 10.1. The van der Waals surface area contributed by atoms with E-state index in [0.717, 1.165) is 22.2 Å². The van der Waals surface area contributed by atoms with Crippen LogP contribution in [0.15, 0.2) is 66.7 Å². The summed E-state index contributed by atoms with van der Waals surface area (Å²) in [6.07, 6.45) is 3.33. The van der Waals surface area contributed by atoms with Crippen molar-refractivity contribution >= 4 is 22.8 Å². The molecule has 2 nitrogen and oxygen atoms in total. The van der Waals surface area contributed by atoms with Crippen molar-refractivity contribution in [2.75, 3.05) is 0 Å². The van der Waals surface area contributed by atoms with E-state index in [2.05, 4.69) is 4.98 Å². The monoisotopic (exact) mass is 273 g/mol. The smallest absolute Gasteiger partial charge is 0.185 e. The fourth-order valence-electron chi connectivity index (χ4n) is 2.15. The largest absolute Gasteiger partial charge is 0.289 e. The second-order valence-electron chi connectivity index (χ2n) is 4.99. The number of aryl methyl sites for hydroxylation is 1. The molecule has 0 aliphatic carbocycles. The third-order valence-electron chi connectivity index (χ3n) is 3.36. The molecule has 1 aromatic heterocycles. The molecule has 0 amide bonds. The third kappa shape index (κ3) is 3.06. The van der Waals surface area contributed by atoms with E-state index in [9.17, 15) is 4.79 Å². The number of rotatable bonds is 3. The minimum Gasteiger partial charge on any atom is -0.289 e. The van der Waals surface area contributed by atoms with Crippen LogP contribution in [0.3, 0.4) is 0 Å². The lowest BCUT2D eigenvalue weighted by Crippen LogP contribution is -1.94. The molecule has 0 unspecified atom stereocenters. The Labute approximate surface area is 123 Å². The molecule has 0 saturated carbocycles. The highest BCUT2D eigenvalue weighted by Gasteiger charge is 2.01. The summed E-state index contributed by atoms with van der Waals surface area (Å²) in [5.74, 6) is -0.00930. The van der Waals surface area contributed by atoms with Gasteiger partial charge in [-0.25, -0.2) is 4.98 Å². The van der Waals surface area contributed by atoms with Gasteiger partial charge in [0.2, 0.25) is 0 Å². The molecule has 2 aromatic carbocycles. The van der Waals surface area contributed by atoms with Crippen LogP contribution in [-0.4, -0.2) is 10.8 Å². The summed E-state index contributed by atoms with van der Waals surface area (Å²) >= 11 is 0. The maximum Gasteiger partial charge on any atom is 0.185 e. The minimum atomic E-state index is -0.00930. The average Bonchev–Trinajstić information content (AvgIpc) is 2.53. The number of carbonyl (C=O) groups excluding carboxylic acids is 1. The molecule has 1 heterocycles. The van der Waals surface area contributed by atoms with Crippen molar-refractivity contribution in [2.45, 2.75) is 6.92 Å². The number of allylic oxidation sites excluding steroid dienone is 1. The van der Waals surface area contributed by atoms with Gasteiger partial charge in [-0.05, 0) is 31.2 Å². The summed E-state index contributed by atoms with van der Waals surface area (Å²) in [7, 11) is 0. The molecule has 0 aliphatic rings. The second-order valence-corrected chi connectivity index (χ2v) is 4.99. The molecule has 0 saturated heterocycles. The molecule has 0 N–H and O–H groups in total. The summed E-state index contributed by atoms with van der Waals surface area (Å²) in [4.78, 5) is 16.6. The van der Waals surface area contributed by atoms with Crippen LogP contribution in [0.4, 0.5) is 0 Å². The third-order valence-corrected chi connectivity index (χ3v) is 3.36. The first-order valence-corrected chi connectivity index (χ1v) is 6.87. The van der Waals surface area contributed by atoms with Crippen molar-refractivity contribution in [1.82, 2.24) is 4.98 Å². The maximum atomic E-state index is 12.1. The quantitative estimate of drug-likeness (QED) is 0.521. The van der Waals surface area contributed by atoms with E-state index in [1.165, 1.54) is 0 Å². The molecule has 0 fully saturated rings. The van der Waals surface area contributed by atoms with Gasteiger partial charge >= 0.3 is 0 Å². The highest BCUT2D eigenvalue weighted by molar-refractivity contribution is 6.06. The summed E-state index contributed by atoms with van der Waals surface area (Å²) in [6, 6.07) is 19.4. The fourth-order valence-corrected chi connectivity index (χ4v) is 2.15. The van der Waals surface area contributed by atoms with Crippen LogP contribution in [0, 0.1) is 6.92 Å². The zero-order chi connectivity index (χ0) is 14.7. The minimum absolute atomic E-state index is 0.00930. The number of pyridine rings is 1. The lowest BCUT2D eigenvalue weighted by Gasteiger charge is -1.99. The number of nitrogens with zero attached hydrogens (tertiary/aromatic N) is 1. The van der Waals surface area contributed by atoms with Crippen molar-refractivity contribution < 1.29 is 4.79 Å². The van der Waals surface area contributed by atoms with Gasteiger partial charge in [0.25, 0.3) is 0 Å². The summed E-state index contributed by atoms with van der Waals surface area (Å²) in [6.45, 7) is 2.00. The van der Waals surface area contributed by atoms with Gasteiger partial charge in [0, 0.05) is 10.9 Å². The number of aromatic nitrogens is 1. The first-order chi connectivity index (χ1) is 10.2. The van der Waals surface area contributed by atoms with E-state index in [1.807, 2.05) is 67.6 Å². The van der Waals surface area contributed by atoms with Gasteiger partial charge in [-0.3, -0.25) is 4.79 Å². The topological polar surface area (TPSA) is 30.0 Å². The average molecular weight is 273 g/mol. The number of carbonyl (C=O) groups is 1. The van der Waals surface area contributed by atoms with Gasteiger partial charge in [-0.15, -0.1) is 0 Å². The number of para-hydroxylation sites is 1. The van der Waals surface area contributed by atoms with E-state index in [4.69, 9.17) is 0 Å². The van der Waals surface area contributed by atoms with E-state index >= 15 is 0 Å². The van der Waals surface area contributed by atoms with Crippen molar-refractivity contribution in [1.29, 1.82) is 0 Å². The van der Waals surface area contributed by atoms with Crippen molar-refractivity contribution in [3.8, 4) is 0 Å². The fraction of sp³-hybridized carbons (Fsp3) is 0.0526. The van der Waals surface area contributed by atoms with E-state index < -0.39 is 0 Å². The van der Waals surface area contributed by atoms with Crippen LogP contribution in [0.1, 0.15) is 21.6 Å². The summed E-state index contributed by atoms with van der Waals surface area (Å²) in [5.41, 5.74) is 3.56. The predicted molar refractivity (Wildman–Crippen MR) is 86.3 cm³/mol. The Morgan fingerprint density at radius 1 is 0.952 bits per heavy atom. The Morgan fingerprint density at radius 2 is 1.71 bits per heavy atom. The van der Waals surface area contributed by atoms with Crippen molar-refractivity contribution in [2.24, 2.45) is 0 Å². The van der Waals surface area contributed by atoms with Gasteiger partial charge in [0.15, 0.2) is 5.78 Å². The van der Waals surface area contributed by atoms with Gasteiger partial charge in [0.05, 0.1) is 11.2 Å². The molecule has 3 rings (SSSR count). The molecule has 0 bridgehead atoms. The number of benzene rings is 2. The highest BCUT2D eigenvalue weighted by atomic mass is 16.1. The van der Waals surface area contributed by atoms with Crippen molar-refractivity contribution in [3.63, 3.8) is 0 Å². The Morgan fingerprint density at radius 3 is 2.52 bits per heavy atom. The molecule has 21 heavy (non-hydrogen) atoms. The van der Waals surface area contributed by atoms with Gasteiger partial charge in [-0.2, -0.15) is 0 Å². The molecular weight excluding hydrogens is 258 g/mol. The van der Waals surface area contributed by atoms with Crippen LogP contribution < -0.4 is 0 Å². The molecular formula is C19H15NO. The van der Waals surface area contributed by atoms with Gasteiger partial charge in [-0.1, -0.05) is 54.1 Å². The van der Waals surface area contributed by atoms with Crippen molar-refractivity contribution in [3.05, 3.63) is 83.6 Å². The molecule has 0 aliphatic heterocycles. The van der Waals surface area contributed by atoms with E-state index in [0.29, 0.717) is 5.56 Å². The van der Waals surface area contributed by atoms with Crippen LogP contribution in [-0.2, 0) is 0 Å². The van der Waals surface area contributed by atoms with Crippen LogP contribution in [0.25, 0.3) is 17.0 Å². The maximum absolute atomic E-state index is 12.1. The number of fused-ring (bicyclic) bond motifs is 1. The summed E-state index contributed by atoms with van der Waals surface area (Å²) in [5, 5.41) is 1.10. The standard InChI is InChI=1S/C19H15NO/c1-14-6-8-16(9-7-14)19(21)13-12-17-11-10-15-4-2-3-5-18(15)20-17/h2-13H,1H3/b13-12+. The molecule has 0 atom stereocenters. The number of ketones is 1. The van der Waals surface area contributed by atoms with E-state index in [-0.39, 0.29) is 5.78 Å². The first kappa shape index (κ1) is 13.3. The number of hydrogen-bond donors (Lipinski definition) is 0. The molecule has 102 valence electrons. The van der Waals surface area contributed by atoms with E-state index in [1.54, 1.807) is 12.2 Å². The van der Waals surface area contributed by atoms with Crippen LogP contribution in [0.5, 0.6) is 0 Å². The predicted octanol–water partition coefficient (Wildman–Crippen LogP) is 4.44. The zero-order valence-corrected chi connectivity index (χ0v) is 11.8. The number of hydrogen-bond acceptors (Lipinski definition) is 2. The Balaban J connectivity index is 1.83. The zero-order valence-electron chi connectivity index (χ0n) is 11.8. The van der Waals surface area contributed by atoms with Gasteiger partial charge in [0.1, 0.15) is 0 Å². The van der Waals surface area contributed by atoms with Crippen LogP contribution >= 0.6 is 0 Å². The molecule has 0 spiro atoms. The van der Waals surface area contributed by atoms with Crippen LogP contribution in [0.2, 0.25) is 0 Å². The molecule has 0 radical (unpaired) electrons. The Hall–Kier alpha value is -2.74. The highest BCUT2D eigenvalue weighted by Crippen LogP contribution is 2.13. The van der Waals surface area contributed by atoms with Gasteiger partial charge < -0.3 is 0 Å². The Kier molecular flexibility index (Phi) is 3.61. The Bertz CT molecular complexity index is 816. The normalized spacial score (nSPS) is 11.1. The molecule has 2 heteroatoms. The molecule has 3 aromatic rings. The lowest BCUT2D eigenvalue weighted by molar-refractivity contribution is 0.104.